The number of nitrogens with two attached hydrogens (primary N) is 1. The third-order valence-corrected chi connectivity index (χ3v) is 4.30. The number of hydrogen-bond acceptors (Lipinski definition) is 3. The van der Waals surface area contributed by atoms with E-state index in [-0.39, 0.29) is 5.75 Å². The second-order valence-corrected chi connectivity index (χ2v) is 6.63. The van der Waals surface area contributed by atoms with Crippen LogP contribution in [-0.2, 0) is 10.0 Å². The first-order valence-electron chi connectivity index (χ1n) is 4.60. The van der Waals surface area contributed by atoms with Gasteiger partial charge in [0.25, 0.3) is 0 Å². The smallest absolute Gasteiger partial charge is 0.232 e. The molecule has 0 bridgehead atoms. The van der Waals surface area contributed by atoms with E-state index in [1.54, 1.807) is 18.2 Å². The van der Waals surface area contributed by atoms with Crippen molar-refractivity contribution in [2.75, 3.05) is 17.0 Å². The second-order valence-electron chi connectivity index (χ2n) is 3.19. The van der Waals surface area contributed by atoms with E-state index in [1.165, 1.54) is 0 Å². The van der Waals surface area contributed by atoms with Gasteiger partial charge < -0.3 is 5.73 Å². The van der Waals surface area contributed by atoms with Crippen LogP contribution in [0.15, 0.2) is 18.2 Å². The highest BCUT2D eigenvalue weighted by Gasteiger charge is 2.11. The minimum Gasteiger partial charge on any atom is -0.330 e. The number of nitrogens with one attached hydrogen (secondary N) is 1. The van der Waals surface area contributed by atoms with Crippen LogP contribution < -0.4 is 10.5 Å². The summed E-state index contributed by atoms with van der Waals surface area (Å²) in [4.78, 5) is 0. The Kier molecular flexibility index (Phi) is 5.29. The summed E-state index contributed by atoms with van der Waals surface area (Å²) in [5.74, 6) is 0.0300. The van der Waals surface area contributed by atoms with E-state index in [9.17, 15) is 8.42 Å². The van der Waals surface area contributed by atoms with Gasteiger partial charge in [-0.3, -0.25) is 4.72 Å². The van der Waals surface area contributed by atoms with Crippen molar-refractivity contribution < 1.29 is 8.42 Å². The third kappa shape index (κ3) is 4.44. The van der Waals surface area contributed by atoms with Gasteiger partial charge in [0, 0.05) is 8.59 Å². The normalized spacial score (nSPS) is 11.4. The number of benzene rings is 1. The molecule has 0 saturated heterocycles. The Hall–Kier alpha value is -0.0500. The molecule has 1 aromatic rings. The Morgan fingerprint density at radius 3 is 2.69 bits per heavy atom. The van der Waals surface area contributed by atoms with Gasteiger partial charge in [0.05, 0.1) is 11.4 Å². The lowest BCUT2D eigenvalue weighted by atomic mass is 10.3. The van der Waals surface area contributed by atoms with Crippen molar-refractivity contribution in [2.45, 2.75) is 6.42 Å². The summed E-state index contributed by atoms with van der Waals surface area (Å²) in [7, 11) is -3.31. The molecule has 3 N–H and O–H groups in total. The van der Waals surface area contributed by atoms with E-state index in [1.807, 2.05) is 22.6 Å². The molecule has 0 fully saturated rings. The number of halogens is 2. The first kappa shape index (κ1) is 14.0. The summed E-state index contributed by atoms with van der Waals surface area (Å²) >= 11 is 7.80. The highest BCUT2D eigenvalue weighted by atomic mass is 127. The average Bonchev–Trinajstić information content (AvgIpc) is 2.19. The zero-order valence-corrected chi connectivity index (χ0v) is 12.1. The summed E-state index contributed by atoms with van der Waals surface area (Å²) in [5.41, 5.74) is 5.81. The van der Waals surface area contributed by atoms with Crippen LogP contribution in [0.25, 0.3) is 0 Å². The van der Waals surface area contributed by atoms with Crippen molar-refractivity contribution >= 4 is 49.9 Å². The summed E-state index contributed by atoms with van der Waals surface area (Å²) in [6.07, 6.45) is 0.444. The topological polar surface area (TPSA) is 72.2 Å². The Morgan fingerprint density at radius 2 is 2.12 bits per heavy atom. The lowest BCUT2D eigenvalue weighted by molar-refractivity contribution is 0.598. The molecule has 4 nitrogen and oxygen atoms in total. The summed E-state index contributed by atoms with van der Waals surface area (Å²) in [5, 5.41) is 0.578. The molecule has 1 aromatic carbocycles. The molecule has 90 valence electrons. The average molecular weight is 375 g/mol. The predicted molar refractivity (Wildman–Crippen MR) is 75.2 cm³/mol. The second kappa shape index (κ2) is 6.04. The van der Waals surface area contributed by atoms with Crippen LogP contribution in [0.2, 0.25) is 5.02 Å². The minimum atomic E-state index is -3.31. The molecule has 16 heavy (non-hydrogen) atoms. The zero-order chi connectivity index (χ0) is 12.2. The molecular formula is C9H12ClIN2O2S. The molecule has 0 amide bonds. The standard InChI is InChI=1S/C9H12ClIN2O2S/c10-7-2-3-9(8(11)6-7)13-16(14,15)5-1-4-12/h2-3,6,13H,1,4-5,12H2. The highest BCUT2D eigenvalue weighted by Crippen LogP contribution is 2.23. The molecule has 0 atom stereocenters. The Labute approximate surface area is 114 Å². The van der Waals surface area contributed by atoms with Gasteiger partial charge in [0.1, 0.15) is 0 Å². The Bertz CT molecular complexity index is 465. The van der Waals surface area contributed by atoms with Crippen LogP contribution in [0.5, 0.6) is 0 Å². The van der Waals surface area contributed by atoms with Crippen molar-refractivity contribution in [3.05, 3.63) is 26.8 Å². The lowest BCUT2D eigenvalue weighted by Gasteiger charge is -2.09. The van der Waals surface area contributed by atoms with Crippen LogP contribution in [0.3, 0.4) is 0 Å². The van der Waals surface area contributed by atoms with Crippen molar-refractivity contribution in [1.29, 1.82) is 0 Å². The SMILES string of the molecule is NCCCS(=O)(=O)Nc1ccc(Cl)cc1I. The van der Waals surface area contributed by atoms with Gasteiger partial charge >= 0.3 is 0 Å². The van der Waals surface area contributed by atoms with Crippen LogP contribution in [0.4, 0.5) is 5.69 Å². The van der Waals surface area contributed by atoms with Gasteiger partial charge in [-0.1, -0.05) is 11.6 Å². The molecule has 0 saturated carbocycles. The monoisotopic (exact) mass is 374 g/mol. The van der Waals surface area contributed by atoms with Gasteiger partial charge in [0.15, 0.2) is 0 Å². The number of anilines is 1. The maximum Gasteiger partial charge on any atom is 0.232 e. The molecule has 0 unspecified atom stereocenters. The summed E-state index contributed by atoms with van der Waals surface area (Å²) < 4.78 is 26.5. The molecule has 0 spiro atoms. The maximum absolute atomic E-state index is 11.6. The fourth-order valence-corrected chi connectivity index (χ4v) is 3.42. The number of hydrogen-bond donors (Lipinski definition) is 2. The molecular weight excluding hydrogens is 363 g/mol. The van der Waals surface area contributed by atoms with E-state index in [0.717, 1.165) is 3.57 Å². The molecule has 0 aliphatic rings. The lowest BCUT2D eigenvalue weighted by Crippen LogP contribution is -2.19. The summed E-state index contributed by atoms with van der Waals surface area (Å²) in [6, 6.07) is 4.98. The van der Waals surface area contributed by atoms with E-state index >= 15 is 0 Å². The van der Waals surface area contributed by atoms with Crippen molar-refractivity contribution in [3.63, 3.8) is 0 Å². The van der Waals surface area contributed by atoms with Crippen LogP contribution in [0.1, 0.15) is 6.42 Å². The molecule has 0 radical (unpaired) electrons. The van der Waals surface area contributed by atoms with E-state index in [2.05, 4.69) is 4.72 Å². The number of sulfonamides is 1. The molecule has 0 aliphatic heterocycles. The quantitative estimate of drug-likeness (QED) is 0.775. The van der Waals surface area contributed by atoms with Crippen LogP contribution in [-0.4, -0.2) is 20.7 Å². The van der Waals surface area contributed by atoms with Crippen molar-refractivity contribution in [2.24, 2.45) is 5.73 Å². The molecule has 1 rings (SSSR count). The number of rotatable bonds is 5. The first-order valence-corrected chi connectivity index (χ1v) is 7.71. The van der Waals surface area contributed by atoms with Gasteiger partial charge in [0.2, 0.25) is 10.0 Å². The van der Waals surface area contributed by atoms with E-state index in [4.69, 9.17) is 17.3 Å². The zero-order valence-electron chi connectivity index (χ0n) is 8.41. The summed E-state index contributed by atoms with van der Waals surface area (Å²) in [6.45, 7) is 0.360. The Balaban J connectivity index is 2.80. The molecule has 0 heterocycles. The highest BCUT2D eigenvalue weighted by molar-refractivity contribution is 14.1. The molecule has 0 aliphatic carbocycles. The van der Waals surface area contributed by atoms with Crippen molar-refractivity contribution in [1.82, 2.24) is 0 Å². The van der Waals surface area contributed by atoms with Gasteiger partial charge in [-0.15, -0.1) is 0 Å². The van der Waals surface area contributed by atoms with Gasteiger partial charge in [-0.2, -0.15) is 0 Å². The Morgan fingerprint density at radius 1 is 1.44 bits per heavy atom. The third-order valence-electron chi connectivity index (χ3n) is 1.81. The fraction of sp³-hybridized carbons (Fsp3) is 0.333. The van der Waals surface area contributed by atoms with Gasteiger partial charge in [-0.25, -0.2) is 8.42 Å². The van der Waals surface area contributed by atoms with Gasteiger partial charge in [-0.05, 0) is 53.8 Å². The maximum atomic E-state index is 11.6. The minimum absolute atomic E-state index is 0.0300. The van der Waals surface area contributed by atoms with Crippen LogP contribution >= 0.6 is 34.2 Å². The van der Waals surface area contributed by atoms with E-state index in [0.29, 0.717) is 23.7 Å². The molecule has 7 heteroatoms. The first-order chi connectivity index (χ1) is 7.44. The molecule has 0 aromatic heterocycles. The van der Waals surface area contributed by atoms with Crippen LogP contribution in [0, 0.1) is 3.57 Å². The fourth-order valence-electron chi connectivity index (χ4n) is 1.06. The van der Waals surface area contributed by atoms with E-state index < -0.39 is 10.0 Å². The predicted octanol–water partition coefficient (Wildman–Crippen LogP) is 2.04. The largest absolute Gasteiger partial charge is 0.330 e. The van der Waals surface area contributed by atoms with Crippen molar-refractivity contribution in [3.8, 4) is 0 Å².